The quantitative estimate of drug-likeness (QED) is 0.637. The molecule has 7 heteroatoms. The molecule has 3 aromatic rings. The lowest BCUT2D eigenvalue weighted by molar-refractivity contribution is -0.124. The van der Waals surface area contributed by atoms with Crippen LogP contribution in [0.2, 0.25) is 5.02 Å². The number of hydrogen-bond donors (Lipinski definition) is 1. The van der Waals surface area contributed by atoms with Crippen molar-refractivity contribution in [2.24, 2.45) is 0 Å². The minimum atomic E-state index is -0.498. The van der Waals surface area contributed by atoms with Gasteiger partial charge in [-0.3, -0.25) is 9.78 Å². The van der Waals surface area contributed by atoms with E-state index in [0.717, 1.165) is 40.7 Å². The predicted molar refractivity (Wildman–Crippen MR) is 115 cm³/mol. The monoisotopic (exact) mass is 423 g/mol. The number of rotatable bonds is 5. The summed E-state index contributed by atoms with van der Waals surface area (Å²) in [4.78, 5) is 32.1. The summed E-state index contributed by atoms with van der Waals surface area (Å²) in [7, 11) is 2.01. The average Bonchev–Trinajstić information content (AvgIpc) is 2.75. The molecule has 0 saturated carbocycles. The molecule has 1 aliphatic heterocycles. The largest absolute Gasteiger partial charge is 0.452 e. The Labute approximate surface area is 179 Å². The number of nitrogens with zero attached hydrogens (tertiary/aromatic N) is 2. The van der Waals surface area contributed by atoms with E-state index in [0.29, 0.717) is 23.7 Å². The van der Waals surface area contributed by atoms with Crippen LogP contribution in [0.1, 0.15) is 27.2 Å². The summed E-state index contributed by atoms with van der Waals surface area (Å²) in [5.41, 5.74) is 3.99. The Hall–Kier alpha value is -2.96. The summed E-state index contributed by atoms with van der Waals surface area (Å²) in [5, 5.41) is 4.14. The van der Waals surface area contributed by atoms with Crippen molar-refractivity contribution in [3.05, 3.63) is 75.9 Å². The maximum atomic E-state index is 13.0. The van der Waals surface area contributed by atoms with E-state index in [9.17, 15) is 9.59 Å². The second kappa shape index (κ2) is 8.81. The van der Waals surface area contributed by atoms with E-state index in [2.05, 4.69) is 10.2 Å². The van der Waals surface area contributed by atoms with Crippen LogP contribution in [-0.2, 0) is 29.0 Å². The number of aromatic nitrogens is 1. The van der Waals surface area contributed by atoms with Crippen LogP contribution in [0.4, 0.5) is 0 Å². The number of hydrogen-bond acceptors (Lipinski definition) is 5. The highest BCUT2D eigenvalue weighted by Crippen LogP contribution is 2.28. The molecule has 1 N–H and O–H groups in total. The second-order valence-corrected chi connectivity index (χ2v) is 7.83. The van der Waals surface area contributed by atoms with Crippen molar-refractivity contribution in [2.75, 3.05) is 20.2 Å². The molecule has 1 aliphatic rings. The third-order valence-corrected chi connectivity index (χ3v) is 5.43. The minimum absolute atomic E-state index is 0.339. The smallest absolute Gasteiger partial charge is 0.339 e. The first kappa shape index (κ1) is 20.3. The van der Waals surface area contributed by atoms with Gasteiger partial charge >= 0.3 is 5.97 Å². The van der Waals surface area contributed by atoms with Crippen molar-refractivity contribution >= 4 is 34.4 Å². The Morgan fingerprint density at radius 2 is 1.93 bits per heavy atom. The van der Waals surface area contributed by atoms with Crippen LogP contribution in [-0.4, -0.2) is 42.0 Å². The van der Waals surface area contributed by atoms with E-state index in [1.807, 2.05) is 43.4 Å². The van der Waals surface area contributed by atoms with Crippen LogP contribution in [0.5, 0.6) is 0 Å². The highest BCUT2D eigenvalue weighted by Gasteiger charge is 2.25. The summed E-state index contributed by atoms with van der Waals surface area (Å²) >= 11 is 5.87. The highest BCUT2D eigenvalue weighted by molar-refractivity contribution is 6.30. The number of para-hydroxylation sites is 1. The van der Waals surface area contributed by atoms with Crippen molar-refractivity contribution < 1.29 is 14.3 Å². The van der Waals surface area contributed by atoms with Crippen LogP contribution < -0.4 is 5.32 Å². The van der Waals surface area contributed by atoms with Gasteiger partial charge in [-0.15, -0.1) is 0 Å². The summed E-state index contributed by atoms with van der Waals surface area (Å²) in [6, 6.07) is 14.7. The van der Waals surface area contributed by atoms with E-state index < -0.39 is 5.97 Å². The second-order valence-electron chi connectivity index (χ2n) is 7.40. The van der Waals surface area contributed by atoms with E-state index in [1.165, 1.54) is 0 Å². The Balaban J connectivity index is 1.48. The molecule has 154 valence electrons. The molecule has 2 aromatic carbocycles. The molecule has 30 heavy (non-hydrogen) atoms. The number of carbonyl (C=O) groups is 2. The molecular formula is C23H22ClN3O3. The molecule has 0 saturated heterocycles. The molecule has 0 unspecified atom stereocenters. The van der Waals surface area contributed by atoms with Gasteiger partial charge in [0.2, 0.25) is 0 Å². The summed E-state index contributed by atoms with van der Waals surface area (Å²) in [6.45, 7) is 1.51. The SMILES string of the molecule is CN1CCc2nc3ccccc3c(C(=O)OCC(=O)NCc3ccc(Cl)cc3)c2C1. The van der Waals surface area contributed by atoms with Crippen molar-refractivity contribution in [1.29, 1.82) is 0 Å². The first-order chi connectivity index (χ1) is 14.5. The zero-order valence-electron chi connectivity index (χ0n) is 16.7. The number of carbonyl (C=O) groups excluding carboxylic acids is 2. The van der Waals surface area contributed by atoms with Crippen LogP contribution in [0.25, 0.3) is 10.9 Å². The number of esters is 1. The van der Waals surface area contributed by atoms with E-state index in [-0.39, 0.29) is 12.5 Å². The fourth-order valence-corrected chi connectivity index (χ4v) is 3.74. The van der Waals surface area contributed by atoms with Crippen LogP contribution in [0.3, 0.4) is 0 Å². The third kappa shape index (κ3) is 4.45. The minimum Gasteiger partial charge on any atom is -0.452 e. The van der Waals surface area contributed by atoms with Gasteiger partial charge in [-0.2, -0.15) is 0 Å². The molecule has 1 aromatic heterocycles. The molecule has 0 bridgehead atoms. The zero-order valence-corrected chi connectivity index (χ0v) is 17.4. The fraction of sp³-hybridized carbons (Fsp3) is 0.261. The van der Waals surface area contributed by atoms with Gasteiger partial charge in [0.15, 0.2) is 6.61 Å². The standard InChI is InChI=1S/C23H22ClN3O3/c1-27-11-10-20-18(13-27)22(17-4-2-3-5-19(17)26-20)23(29)30-14-21(28)25-12-15-6-8-16(24)9-7-15/h2-9H,10-14H2,1H3,(H,25,28). The molecule has 2 heterocycles. The number of pyridine rings is 1. The number of fused-ring (bicyclic) bond motifs is 2. The maximum absolute atomic E-state index is 13.0. The van der Waals surface area contributed by atoms with Crippen LogP contribution >= 0.6 is 11.6 Å². The lowest BCUT2D eigenvalue weighted by atomic mass is 9.96. The van der Waals surface area contributed by atoms with Crippen molar-refractivity contribution in [3.8, 4) is 0 Å². The molecule has 0 aliphatic carbocycles. The van der Waals surface area contributed by atoms with E-state index in [4.69, 9.17) is 21.3 Å². The number of benzene rings is 2. The number of halogens is 1. The highest BCUT2D eigenvalue weighted by atomic mass is 35.5. The van der Waals surface area contributed by atoms with Gasteiger partial charge in [-0.1, -0.05) is 41.9 Å². The molecule has 4 rings (SSSR count). The Morgan fingerprint density at radius 3 is 2.73 bits per heavy atom. The van der Waals surface area contributed by atoms with Gasteiger partial charge in [-0.05, 0) is 30.8 Å². The van der Waals surface area contributed by atoms with Crippen LogP contribution in [0, 0.1) is 0 Å². The van der Waals surface area contributed by atoms with E-state index >= 15 is 0 Å². The Morgan fingerprint density at radius 1 is 1.17 bits per heavy atom. The maximum Gasteiger partial charge on any atom is 0.339 e. The summed E-state index contributed by atoms with van der Waals surface area (Å²) in [6.07, 6.45) is 0.776. The van der Waals surface area contributed by atoms with Gasteiger partial charge in [-0.25, -0.2) is 4.79 Å². The number of likely N-dealkylation sites (N-methyl/N-ethyl adjacent to an activating group) is 1. The van der Waals surface area contributed by atoms with Gasteiger partial charge in [0, 0.05) is 47.7 Å². The zero-order chi connectivity index (χ0) is 21.1. The molecule has 0 spiro atoms. The first-order valence-corrected chi connectivity index (χ1v) is 10.2. The molecular weight excluding hydrogens is 402 g/mol. The lowest BCUT2D eigenvalue weighted by Gasteiger charge is -2.26. The van der Waals surface area contributed by atoms with Crippen LogP contribution in [0.15, 0.2) is 48.5 Å². The van der Waals surface area contributed by atoms with Crippen molar-refractivity contribution in [2.45, 2.75) is 19.5 Å². The third-order valence-electron chi connectivity index (χ3n) is 5.18. The van der Waals surface area contributed by atoms with Crippen molar-refractivity contribution in [1.82, 2.24) is 15.2 Å². The molecule has 0 atom stereocenters. The summed E-state index contributed by atoms with van der Waals surface area (Å²) in [5.74, 6) is -0.857. The topological polar surface area (TPSA) is 71.5 Å². The first-order valence-electron chi connectivity index (χ1n) is 9.78. The predicted octanol–water partition coefficient (Wildman–Crippen LogP) is 3.35. The number of nitrogens with one attached hydrogen (secondary N) is 1. The van der Waals surface area contributed by atoms with E-state index in [1.54, 1.807) is 12.1 Å². The molecule has 0 radical (unpaired) electrons. The molecule has 0 fully saturated rings. The van der Waals surface area contributed by atoms with Crippen molar-refractivity contribution in [3.63, 3.8) is 0 Å². The van der Waals surface area contributed by atoms with Gasteiger partial charge in [0.05, 0.1) is 11.1 Å². The molecule has 6 nitrogen and oxygen atoms in total. The fourth-order valence-electron chi connectivity index (χ4n) is 3.62. The Kier molecular flexibility index (Phi) is 5.97. The van der Waals surface area contributed by atoms with Gasteiger partial charge in [0.25, 0.3) is 5.91 Å². The number of amides is 1. The average molecular weight is 424 g/mol. The normalized spacial score (nSPS) is 13.7. The number of ether oxygens (including phenoxy) is 1. The molecule has 1 amide bonds. The summed E-state index contributed by atoms with van der Waals surface area (Å²) < 4.78 is 5.39. The van der Waals surface area contributed by atoms with Gasteiger partial charge < -0.3 is 15.0 Å². The Bertz CT molecular complexity index is 1100. The van der Waals surface area contributed by atoms with Gasteiger partial charge in [0.1, 0.15) is 0 Å². The lowest BCUT2D eigenvalue weighted by Crippen LogP contribution is -2.31.